The van der Waals surface area contributed by atoms with Crippen LogP contribution >= 0.6 is 0 Å². The first-order chi connectivity index (χ1) is 37.6. The third kappa shape index (κ3) is 74.8. The number of allylic oxidation sites excluding steroid dienone is 2. The van der Waals surface area contributed by atoms with Crippen LogP contribution in [-0.4, -0.2) is 24.9 Å². The van der Waals surface area contributed by atoms with Gasteiger partial charge in [0.15, 0.2) is 0 Å². The van der Waals surface area contributed by atoms with Gasteiger partial charge in [-0.3, -0.25) is 9.59 Å². The number of unbranched alkanes of at least 4 members (excludes halogenated alkanes) is 55. The minimum Gasteiger partial charge on any atom is -0.356 e. The van der Waals surface area contributed by atoms with E-state index in [-0.39, 0.29) is 11.8 Å². The van der Waals surface area contributed by atoms with E-state index < -0.39 is 0 Å². The van der Waals surface area contributed by atoms with E-state index in [0.717, 1.165) is 51.6 Å². The second kappa shape index (κ2) is 73.7. The van der Waals surface area contributed by atoms with Crippen molar-refractivity contribution in [1.82, 2.24) is 10.6 Å². The van der Waals surface area contributed by atoms with Gasteiger partial charge in [-0.05, 0) is 51.4 Å². The summed E-state index contributed by atoms with van der Waals surface area (Å²) in [6.07, 6.45) is 88.5. The predicted molar refractivity (Wildman–Crippen MR) is 344 cm³/mol. The van der Waals surface area contributed by atoms with Crippen LogP contribution in [0.15, 0.2) is 12.2 Å². The minimum absolute atomic E-state index is 0.267. The number of amides is 2. The lowest BCUT2D eigenvalue weighted by Gasteiger charge is -2.06. The van der Waals surface area contributed by atoms with Crippen LogP contribution in [0.25, 0.3) is 0 Å². The highest BCUT2D eigenvalue weighted by molar-refractivity contribution is 5.76. The largest absolute Gasteiger partial charge is 0.356 e. The van der Waals surface area contributed by atoms with Gasteiger partial charge in [0.2, 0.25) is 11.8 Å². The molecule has 0 heterocycles. The maximum absolute atomic E-state index is 12.0. The fourth-order valence-electron chi connectivity index (χ4n) is 11.0. The Morgan fingerprint density at radius 1 is 0.211 bits per heavy atom. The van der Waals surface area contributed by atoms with Crippen LogP contribution < -0.4 is 10.6 Å². The molecule has 0 aromatic carbocycles. The smallest absolute Gasteiger partial charge is 0.219 e. The summed E-state index contributed by atoms with van der Waals surface area (Å²) in [5.74, 6) is 0.546. The third-order valence-corrected chi connectivity index (χ3v) is 16.4. The zero-order valence-electron chi connectivity index (χ0n) is 53.2. The van der Waals surface area contributed by atoms with E-state index in [2.05, 4.69) is 50.5 Å². The summed E-state index contributed by atoms with van der Waals surface area (Å²) in [7, 11) is 0. The molecule has 2 N–H and O–H groups in total. The van der Waals surface area contributed by atoms with Crippen molar-refractivity contribution in [1.29, 1.82) is 0 Å². The lowest BCUT2D eigenvalue weighted by molar-refractivity contribution is -0.122. The highest BCUT2D eigenvalue weighted by Gasteiger charge is 2.03. The number of hydrogen-bond donors (Lipinski definition) is 2. The van der Waals surface area contributed by atoms with Crippen molar-refractivity contribution in [3.05, 3.63) is 12.2 Å². The standard InChI is InChI=1S/C36H73NO.C36H71NO/c2*1-3-5-7-9-11-13-15-17-19-21-23-25-27-29-31-33-35-37-36(38)34-32-30-28-26-24-22-20-18-16-14-12-10-8-6-4-2/h3-35H2,1-2H3,(H,37,38);18,20H,3-17,19,21-35H2,1-2H3,(H,37,38). The Bertz CT molecular complexity index is 1070. The van der Waals surface area contributed by atoms with E-state index in [1.54, 1.807) is 0 Å². The summed E-state index contributed by atoms with van der Waals surface area (Å²) in [6.45, 7) is 10.9. The van der Waals surface area contributed by atoms with Crippen molar-refractivity contribution in [2.24, 2.45) is 0 Å². The molecule has 0 aromatic heterocycles. The lowest BCUT2D eigenvalue weighted by atomic mass is 10.0. The molecule has 0 aliphatic heterocycles. The Balaban J connectivity index is 0. The molecule has 0 radical (unpaired) electrons. The molecule has 0 aliphatic carbocycles. The molecule has 0 rings (SSSR count). The van der Waals surface area contributed by atoms with Gasteiger partial charge in [-0.1, -0.05) is 374 Å². The maximum atomic E-state index is 12.0. The van der Waals surface area contributed by atoms with E-state index in [1.165, 1.54) is 360 Å². The molecule has 0 atom stereocenters. The predicted octanol–water partition coefficient (Wildman–Crippen LogP) is 25.0. The van der Waals surface area contributed by atoms with Gasteiger partial charge in [-0.15, -0.1) is 0 Å². The first kappa shape index (κ1) is 76.7. The molecule has 2 amide bonds. The summed E-state index contributed by atoms with van der Waals surface area (Å²) < 4.78 is 0. The average molecular weight is 1070 g/mol. The molecule has 0 aliphatic rings. The molecule has 0 spiro atoms. The first-order valence-electron chi connectivity index (χ1n) is 35.8. The molecule has 0 aromatic rings. The molecule has 0 saturated carbocycles. The molecular weight excluding hydrogens is 925 g/mol. The van der Waals surface area contributed by atoms with Crippen LogP contribution in [0.4, 0.5) is 0 Å². The highest BCUT2D eigenvalue weighted by Crippen LogP contribution is 2.18. The maximum Gasteiger partial charge on any atom is 0.219 e. The molecule has 0 bridgehead atoms. The van der Waals surface area contributed by atoms with E-state index in [0.29, 0.717) is 0 Å². The van der Waals surface area contributed by atoms with Crippen LogP contribution in [0.3, 0.4) is 0 Å². The molecule has 0 unspecified atom stereocenters. The minimum atomic E-state index is 0.267. The van der Waals surface area contributed by atoms with Gasteiger partial charge < -0.3 is 10.6 Å². The lowest BCUT2D eigenvalue weighted by Crippen LogP contribution is -2.23. The van der Waals surface area contributed by atoms with E-state index in [1.807, 2.05) is 0 Å². The van der Waals surface area contributed by atoms with Crippen LogP contribution in [0, 0.1) is 0 Å². The molecule has 0 fully saturated rings. The topological polar surface area (TPSA) is 58.2 Å². The third-order valence-electron chi connectivity index (χ3n) is 16.4. The first-order valence-corrected chi connectivity index (χ1v) is 35.8. The number of hydrogen-bond acceptors (Lipinski definition) is 2. The van der Waals surface area contributed by atoms with Crippen molar-refractivity contribution in [2.45, 2.75) is 426 Å². The van der Waals surface area contributed by atoms with Gasteiger partial charge in [0, 0.05) is 25.9 Å². The van der Waals surface area contributed by atoms with Gasteiger partial charge in [0.05, 0.1) is 0 Å². The van der Waals surface area contributed by atoms with Crippen LogP contribution in [-0.2, 0) is 9.59 Å². The van der Waals surface area contributed by atoms with E-state index >= 15 is 0 Å². The number of carbonyl (C=O) groups is 2. The van der Waals surface area contributed by atoms with Gasteiger partial charge >= 0.3 is 0 Å². The van der Waals surface area contributed by atoms with Crippen LogP contribution in [0.2, 0.25) is 0 Å². The molecule has 4 nitrogen and oxygen atoms in total. The molecule has 4 heteroatoms. The van der Waals surface area contributed by atoms with E-state index in [9.17, 15) is 9.59 Å². The Kier molecular flexibility index (Phi) is 74.4. The Morgan fingerprint density at radius 2 is 0.368 bits per heavy atom. The van der Waals surface area contributed by atoms with E-state index in [4.69, 9.17) is 0 Å². The molecule has 76 heavy (non-hydrogen) atoms. The van der Waals surface area contributed by atoms with Crippen molar-refractivity contribution in [2.75, 3.05) is 13.1 Å². The second-order valence-electron chi connectivity index (χ2n) is 24.3. The summed E-state index contributed by atoms with van der Waals surface area (Å²) in [4.78, 5) is 24.0. The zero-order valence-corrected chi connectivity index (χ0v) is 53.2. The van der Waals surface area contributed by atoms with Gasteiger partial charge in [-0.2, -0.15) is 0 Å². The molecular formula is C72H144N2O2. The summed E-state index contributed by atoms with van der Waals surface area (Å²) in [6, 6.07) is 0. The van der Waals surface area contributed by atoms with Gasteiger partial charge in [-0.25, -0.2) is 0 Å². The van der Waals surface area contributed by atoms with Crippen molar-refractivity contribution < 1.29 is 9.59 Å². The average Bonchev–Trinajstić information content (AvgIpc) is 3.42. The molecule has 0 saturated heterocycles. The summed E-state index contributed by atoms with van der Waals surface area (Å²) in [5, 5.41) is 6.28. The number of nitrogens with one attached hydrogen (secondary N) is 2. The van der Waals surface area contributed by atoms with Crippen molar-refractivity contribution in [3.8, 4) is 0 Å². The van der Waals surface area contributed by atoms with Gasteiger partial charge in [0.25, 0.3) is 0 Å². The normalized spacial score (nSPS) is 11.4. The second-order valence-corrected chi connectivity index (χ2v) is 24.3. The Morgan fingerprint density at radius 3 is 0.566 bits per heavy atom. The summed E-state index contributed by atoms with van der Waals surface area (Å²) >= 11 is 0. The van der Waals surface area contributed by atoms with Crippen LogP contribution in [0.5, 0.6) is 0 Å². The molecule has 454 valence electrons. The number of carbonyl (C=O) groups excluding carboxylic acids is 2. The van der Waals surface area contributed by atoms with Gasteiger partial charge in [0.1, 0.15) is 0 Å². The monoisotopic (exact) mass is 1070 g/mol. The Labute approximate surface area is 480 Å². The van der Waals surface area contributed by atoms with Crippen molar-refractivity contribution in [3.63, 3.8) is 0 Å². The van der Waals surface area contributed by atoms with Crippen molar-refractivity contribution >= 4 is 11.8 Å². The SMILES string of the molecule is CCCCCCCCC=CCCCCCCCC(=O)NCCCCCCCCCCCCCCCCCC.CCCCCCCCCCCCCCCCCCNC(=O)CCCCCCCCCCCCCCCCC. The summed E-state index contributed by atoms with van der Waals surface area (Å²) in [5.41, 5.74) is 0. The number of rotatable bonds is 65. The highest BCUT2D eigenvalue weighted by atomic mass is 16.2. The zero-order chi connectivity index (χ0) is 55.2. The fourth-order valence-corrected chi connectivity index (χ4v) is 11.0. The fraction of sp³-hybridized carbons (Fsp3) is 0.944. The van der Waals surface area contributed by atoms with Crippen LogP contribution in [0.1, 0.15) is 426 Å². The quantitative estimate of drug-likeness (QED) is 0.0471. The Hall–Kier alpha value is -1.32.